The van der Waals surface area contributed by atoms with E-state index in [4.69, 9.17) is 4.98 Å². The monoisotopic (exact) mass is 365 g/mol. The Balaban J connectivity index is 1.49. The summed E-state index contributed by atoms with van der Waals surface area (Å²) in [4.78, 5) is 23.7. The van der Waals surface area contributed by atoms with Crippen LogP contribution in [-0.4, -0.2) is 21.4 Å². The first-order valence-electron chi connectivity index (χ1n) is 9.19. The van der Waals surface area contributed by atoms with E-state index in [0.29, 0.717) is 0 Å². The Morgan fingerprint density at radius 2 is 2.08 bits per heavy atom. The van der Waals surface area contributed by atoms with Gasteiger partial charge < -0.3 is 4.98 Å². The molecule has 0 aliphatic carbocycles. The maximum absolute atomic E-state index is 12.3. The molecule has 4 rings (SSSR count). The molecule has 0 atom stereocenters. The van der Waals surface area contributed by atoms with Crippen molar-refractivity contribution in [3.05, 3.63) is 74.1 Å². The molecule has 3 heterocycles. The Bertz CT molecular complexity index is 945. The average molecular weight is 366 g/mol. The van der Waals surface area contributed by atoms with E-state index < -0.39 is 0 Å². The van der Waals surface area contributed by atoms with E-state index in [1.165, 1.54) is 16.0 Å². The van der Waals surface area contributed by atoms with Crippen LogP contribution < -0.4 is 5.56 Å². The van der Waals surface area contributed by atoms with Gasteiger partial charge in [-0.3, -0.25) is 9.69 Å². The zero-order valence-corrected chi connectivity index (χ0v) is 15.8. The van der Waals surface area contributed by atoms with Crippen LogP contribution >= 0.6 is 11.3 Å². The van der Waals surface area contributed by atoms with Gasteiger partial charge in [0.25, 0.3) is 5.56 Å². The van der Waals surface area contributed by atoms with Gasteiger partial charge in [0, 0.05) is 36.5 Å². The van der Waals surface area contributed by atoms with Gasteiger partial charge in [-0.15, -0.1) is 11.3 Å². The molecule has 3 aromatic rings. The Morgan fingerprint density at radius 1 is 1.23 bits per heavy atom. The van der Waals surface area contributed by atoms with Gasteiger partial charge >= 0.3 is 0 Å². The van der Waals surface area contributed by atoms with E-state index in [1.54, 1.807) is 11.3 Å². The largest absolute Gasteiger partial charge is 0.310 e. The van der Waals surface area contributed by atoms with Crippen molar-refractivity contribution in [1.29, 1.82) is 0 Å². The van der Waals surface area contributed by atoms with Gasteiger partial charge in [0.15, 0.2) is 0 Å². The number of thiophene rings is 1. The van der Waals surface area contributed by atoms with Gasteiger partial charge in [-0.05, 0) is 35.4 Å². The molecule has 1 aliphatic heterocycles. The second-order valence-electron chi connectivity index (χ2n) is 6.82. The molecule has 26 heavy (non-hydrogen) atoms. The van der Waals surface area contributed by atoms with Gasteiger partial charge in [-0.2, -0.15) is 0 Å². The number of aryl methyl sites for hydroxylation is 1. The molecule has 4 nitrogen and oxygen atoms in total. The number of benzene rings is 1. The second-order valence-corrected chi connectivity index (χ2v) is 7.81. The van der Waals surface area contributed by atoms with Crippen molar-refractivity contribution in [2.45, 2.75) is 39.3 Å². The van der Waals surface area contributed by atoms with Crippen LogP contribution in [-0.2, 0) is 25.9 Å². The van der Waals surface area contributed by atoms with Gasteiger partial charge in [-0.1, -0.05) is 37.3 Å². The van der Waals surface area contributed by atoms with E-state index >= 15 is 0 Å². The van der Waals surface area contributed by atoms with E-state index in [1.807, 2.05) is 6.07 Å². The molecule has 0 fully saturated rings. The van der Waals surface area contributed by atoms with Crippen LogP contribution in [0, 0.1) is 0 Å². The summed E-state index contributed by atoms with van der Waals surface area (Å²) in [6.07, 6.45) is 2.60. The first-order valence-corrected chi connectivity index (χ1v) is 10.1. The molecule has 5 heteroatoms. The van der Waals surface area contributed by atoms with Crippen molar-refractivity contribution in [2.75, 3.05) is 6.54 Å². The Kier molecular flexibility index (Phi) is 5.00. The average Bonchev–Trinajstić information content (AvgIpc) is 3.11. The zero-order chi connectivity index (χ0) is 17.9. The maximum Gasteiger partial charge on any atom is 0.254 e. The molecule has 0 radical (unpaired) electrons. The molecule has 0 spiro atoms. The number of rotatable bonds is 5. The normalized spacial score (nSPS) is 14.3. The summed E-state index contributed by atoms with van der Waals surface area (Å²) in [5, 5.41) is 2.23. The summed E-state index contributed by atoms with van der Waals surface area (Å²) in [5.41, 5.74) is 4.43. The fourth-order valence-electron chi connectivity index (χ4n) is 3.50. The molecular weight excluding hydrogens is 342 g/mol. The minimum Gasteiger partial charge on any atom is -0.310 e. The lowest BCUT2D eigenvalue weighted by Crippen LogP contribution is -2.35. The minimum absolute atomic E-state index is 0.0561. The summed E-state index contributed by atoms with van der Waals surface area (Å²) >= 11 is 1.80. The smallest absolute Gasteiger partial charge is 0.254 e. The molecule has 1 N–H and O–H groups in total. The first-order chi connectivity index (χ1) is 12.7. The Morgan fingerprint density at radius 3 is 2.88 bits per heavy atom. The van der Waals surface area contributed by atoms with Crippen molar-refractivity contribution in [3.63, 3.8) is 0 Å². The second kappa shape index (κ2) is 7.56. The Labute approximate surface area is 157 Å². The van der Waals surface area contributed by atoms with E-state index in [9.17, 15) is 4.79 Å². The summed E-state index contributed by atoms with van der Waals surface area (Å²) in [7, 11) is 0. The highest BCUT2D eigenvalue weighted by atomic mass is 32.1. The molecule has 2 aromatic heterocycles. The standard InChI is InChI=1S/C21H23N3OS/c1-2-6-20-22-19-13-24(10-9-18(19)21(25)23-20)12-17-11-16(14-26-17)15-7-4-3-5-8-15/h3-5,7-8,11,14H,2,6,9-10,12-13H2,1H3,(H,22,23,25). The van der Waals surface area contributed by atoms with E-state index in [-0.39, 0.29) is 5.56 Å². The SMILES string of the molecule is CCCc1nc2c(c(=O)[nH]1)CCN(Cc1cc(-c3ccccc3)cs1)C2. The van der Waals surface area contributed by atoms with Crippen LogP contribution in [0.15, 0.2) is 46.6 Å². The van der Waals surface area contributed by atoms with Crippen LogP contribution in [0.25, 0.3) is 11.1 Å². The number of H-pyrrole nitrogens is 1. The maximum atomic E-state index is 12.3. The molecule has 0 saturated carbocycles. The molecule has 1 aliphatic rings. The van der Waals surface area contributed by atoms with Crippen LogP contribution in [0.3, 0.4) is 0 Å². The molecule has 0 amide bonds. The summed E-state index contributed by atoms with van der Waals surface area (Å²) < 4.78 is 0. The third-order valence-corrected chi connectivity index (χ3v) is 5.75. The lowest BCUT2D eigenvalue weighted by Gasteiger charge is -2.27. The molecule has 134 valence electrons. The van der Waals surface area contributed by atoms with Crippen LogP contribution in [0.4, 0.5) is 0 Å². The van der Waals surface area contributed by atoms with Gasteiger partial charge in [0.05, 0.1) is 5.69 Å². The summed E-state index contributed by atoms with van der Waals surface area (Å²) in [6, 6.07) is 12.8. The fraction of sp³-hybridized carbons (Fsp3) is 0.333. The Hall–Kier alpha value is -2.24. The lowest BCUT2D eigenvalue weighted by molar-refractivity contribution is 0.242. The number of nitrogens with zero attached hydrogens (tertiary/aromatic N) is 2. The highest BCUT2D eigenvalue weighted by Crippen LogP contribution is 2.27. The van der Waals surface area contributed by atoms with Crippen molar-refractivity contribution in [1.82, 2.24) is 14.9 Å². The van der Waals surface area contributed by atoms with Crippen molar-refractivity contribution >= 4 is 11.3 Å². The van der Waals surface area contributed by atoms with Crippen molar-refractivity contribution in [2.24, 2.45) is 0 Å². The quantitative estimate of drug-likeness (QED) is 0.743. The number of aromatic nitrogens is 2. The highest BCUT2D eigenvalue weighted by molar-refractivity contribution is 7.10. The number of hydrogen-bond acceptors (Lipinski definition) is 4. The van der Waals surface area contributed by atoms with Crippen LogP contribution in [0.5, 0.6) is 0 Å². The molecule has 0 unspecified atom stereocenters. The van der Waals surface area contributed by atoms with E-state index in [0.717, 1.165) is 56.0 Å². The van der Waals surface area contributed by atoms with Crippen LogP contribution in [0.1, 0.15) is 35.3 Å². The number of aromatic amines is 1. The predicted octanol–water partition coefficient (Wildman–Crippen LogP) is 4.01. The van der Waals surface area contributed by atoms with Gasteiger partial charge in [-0.25, -0.2) is 4.98 Å². The number of hydrogen-bond donors (Lipinski definition) is 1. The number of fused-ring (bicyclic) bond motifs is 1. The van der Waals surface area contributed by atoms with Gasteiger partial charge in [0.2, 0.25) is 0 Å². The van der Waals surface area contributed by atoms with E-state index in [2.05, 4.69) is 52.5 Å². The van der Waals surface area contributed by atoms with Crippen molar-refractivity contribution in [3.8, 4) is 11.1 Å². The topological polar surface area (TPSA) is 49.0 Å². The highest BCUT2D eigenvalue weighted by Gasteiger charge is 2.21. The first kappa shape index (κ1) is 17.2. The van der Waals surface area contributed by atoms with Gasteiger partial charge in [0.1, 0.15) is 5.82 Å². The third-order valence-electron chi connectivity index (χ3n) is 4.83. The van der Waals surface area contributed by atoms with Crippen molar-refractivity contribution < 1.29 is 0 Å². The summed E-state index contributed by atoms with van der Waals surface area (Å²) in [6.45, 7) is 4.68. The van der Waals surface area contributed by atoms with Crippen LogP contribution in [0.2, 0.25) is 0 Å². The molecule has 0 saturated heterocycles. The third kappa shape index (κ3) is 3.64. The number of nitrogens with one attached hydrogen (secondary N) is 1. The predicted molar refractivity (Wildman–Crippen MR) is 106 cm³/mol. The molecule has 1 aromatic carbocycles. The molecular formula is C21H23N3OS. The molecule has 0 bridgehead atoms. The zero-order valence-electron chi connectivity index (χ0n) is 15.0. The lowest BCUT2D eigenvalue weighted by atomic mass is 10.1. The summed E-state index contributed by atoms with van der Waals surface area (Å²) in [5.74, 6) is 0.820. The minimum atomic E-state index is 0.0561. The fourth-order valence-corrected chi connectivity index (χ4v) is 4.44.